The Morgan fingerprint density at radius 2 is 1.17 bits per heavy atom. The molecule has 2 aliphatic rings. The second kappa shape index (κ2) is 3.23. The summed E-state index contributed by atoms with van der Waals surface area (Å²) in [5, 5.41) is 2.80. The fraction of sp³-hybridized carbons (Fsp3) is 0.111. The van der Waals surface area contributed by atoms with Crippen molar-refractivity contribution in [2.24, 2.45) is 0 Å². The van der Waals surface area contributed by atoms with Crippen LogP contribution in [0.1, 0.15) is 25.0 Å². The standard InChI is InChI=1S/C18H14/c1-11-13-7-3-5-9-15(13)18-16-10-6-4-8-14(16)12(2)17(11)18/h3-10H,1-2H3. The maximum absolute atomic E-state index is 2.25. The van der Waals surface area contributed by atoms with E-state index in [1.807, 2.05) is 0 Å². The van der Waals surface area contributed by atoms with Gasteiger partial charge in [-0.05, 0) is 57.7 Å². The van der Waals surface area contributed by atoms with E-state index in [2.05, 4.69) is 62.4 Å². The third kappa shape index (κ3) is 1.01. The number of hydrogen-bond acceptors (Lipinski definition) is 0. The van der Waals surface area contributed by atoms with Crippen molar-refractivity contribution in [2.75, 3.05) is 0 Å². The zero-order valence-corrected chi connectivity index (χ0v) is 10.6. The van der Waals surface area contributed by atoms with Gasteiger partial charge in [0.15, 0.2) is 0 Å². The molecule has 2 aromatic rings. The number of benzene rings is 2. The number of hydrogen-bond donors (Lipinski definition) is 0. The molecule has 86 valence electrons. The van der Waals surface area contributed by atoms with Gasteiger partial charge in [-0.25, -0.2) is 0 Å². The molecule has 0 saturated carbocycles. The van der Waals surface area contributed by atoms with Crippen LogP contribution in [0.4, 0.5) is 0 Å². The van der Waals surface area contributed by atoms with Gasteiger partial charge < -0.3 is 0 Å². The molecular weight excluding hydrogens is 216 g/mol. The molecule has 0 heterocycles. The predicted molar refractivity (Wildman–Crippen MR) is 76.3 cm³/mol. The molecule has 0 bridgehead atoms. The highest BCUT2D eigenvalue weighted by molar-refractivity contribution is 6.10. The lowest BCUT2D eigenvalue weighted by atomic mass is 10.0. The summed E-state index contributed by atoms with van der Waals surface area (Å²) < 4.78 is 0. The lowest BCUT2D eigenvalue weighted by Gasteiger charge is -2.01. The van der Waals surface area contributed by atoms with Crippen LogP contribution in [0, 0.1) is 0 Å². The van der Waals surface area contributed by atoms with Crippen molar-refractivity contribution in [3.63, 3.8) is 0 Å². The van der Waals surface area contributed by atoms with Crippen LogP contribution in [-0.4, -0.2) is 0 Å². The van der Waals surface area contributed by atoms with Gasteiger partial charge in [0, 0.05) is 0 Å². The molecule has 0 fully saturated rings. The van der Waals surface area contributed by atoms with E-state index in [0.29, 0.717) is 0 Å². The molecule has 4 rings (SSSR count). The highest BCUT2D eigenvalue weighted by Crippen LogP contribution is 2.43. The van der Waals surface area contributed by atoms with Gasteiger partial charge in [-0.3, -0.25) is 0 Å². The third-order valence-corrected chi connectivity index (χ3v) is 4.20. The first kappa shape index (κ1) is 9.90. The average Bonchev–Trinajstić information content (AvgIpc) is 2.87. The molecule has 0 radical (unpaired) electrons. The number of fused-ring (bicyclic) bond motifs is 4. The van der Waals surface area contributed by atoms with Crippen molar-refractivity contribution in [3.8, 4) is 0 Å². The lowest BCUT2D eigenvalue weighted by Crippen LogP contribution is -2.23. The van der Waals surface area contributed by atoms with Gasteiger partial charge in [-0.15, -0.1) is 0 Å². The molecule has 0 heteroatoms. The molecule has 0 saturated heterocycles. The first-order chi connectivity index (χ1) is 8.79. The Labute approximate surface area is 107 Å². The SMILES string of the molecule is CC1=C2C(C)=c3ccccc3=C2c2ccccc21. The first-order valence-corrected chi connectivity index (χ1v) is 6.40. The van der Waals surface area contributed by atoms with Crippen LogP contribution in [0.5, 0.6) is 0 Å². The quantitative estimate of drug-likeness (QED) is 0.653. The minimum Gasteiger partial charge on any atom is -0.0616 e. The van der Waals surface area contributed by atoms with Gasteiger partial charge in [-0.2, -0.15) is 0 Å². The highest BCUT2D eigenvalue weighted by Gasteiger charge is 2.28. The molecular formula is C18H14. The van der Waals surface area contributed by atoms with Gasteiger partial charge in [0.1, 0.15) is 0 Å². The van der Waals surface area contributed by atoms with E-state index >= 15 is 0 Å². The summed E-state index contributed by atoms with van der Waals surface area (Å²) in [5.41, 5.74) is 8.54. The van der Waals surface area contributed by atoms with E-state index < -0.39 is 0 Å². The Hall–Kier alpha value is -2.08. The van der Waals surface area contributed by atoms with E-state index in [-0.39, 0.29) is 0 Å². The topological polar surface area (TPSA) is 0 Å². The van der Waals surface area contributed by atoms with Gasteiger partial charge in [0.2, 0.25) is 0 Å². The minimum absolute atomic E-state index is 1.40. The number of rotatable bonds is 0. The van der Waals surface area contributed by atoms with Crippen LogP contribution >= 0.6 is 0 Å². The summed E-state index contributed by atoms with van der Waals surface area (Å²) in [6, 6.07) is 17.5. The molecule has 0 aliphatic heterocycles. The Bertz CT molecular complexity index is 832. The van der Waals surface area contributed by atoms with Gasteiger partial charge in [0.25, 0.3) is 0 Å². The molecule has 0 amide bonds. The van der Waals surface area contributed by atoms with E-state index in [0.717, 1.165) is 0 Å². The minimum atomic E-state index is 1.40. The maximum Gasteiger partial charge on any atom is -0.00208 e. The van der Waals surface area contributed by atoms with Crippen molar-refractivity contribution in [1.82, 2.24) is 0 Å². The van der Waals surface area contributed by atoms with Crippen LogP contribution in [0.25, 0.3) is 16.7 Å². The molecule has 0 atom stereocenters. The largest absolute Gasteiger partial charge is 0.0616 e. The molecule has 0 nitrogen and oxygen atoms in total. The smallest absolute Gasteiger partial charge is 0.00208 e. The highest BCUT2D eigenvalue weighted by atomic mass is 14.3. The second-order valence-electron chi connectivity index (χ2n) is 5.09. The van der Waals surface area contributed by atoms with Crippen LogP contribution in [0.15, 0.2) is 54.1 Å². The molecule has 0 spiro atoms. The number of allylic oxidation sites excluding steroid dienone is 2. The van der Waals surface area contributed by atoms with E-state index in [1.54, 1.807) is 0 Å². The molecule has 2 aromatic carbocycles. The van der Waals surface area contributed by atoms with Gasteiger partial charge >= 0.3 is 0 Å². The zero-order chi connectivity index (χ0) is 12.3. The summed E-state index contributed by atoms with van der Waals surface area (Å²) >= 11 is 0. The summed E-state index contributed by atoms with van der Waals surface area (Å²) in [6.45, 7) is 4.49. The lowest BCUT2D eigenvalue weighted by molar-refractivity contribution is 1.48. The fourth-order valence-corrected chi connectivity index (χ4v) is 3.40. The van der Waals surface area contributed by atoms with Crippen molar-refractivity contribution in [3.05, 3.63) is 75.7 Å². The third-order valence-electron chi connectivity index (χ3n) is 4.20. The van der Waals surface area contributed by atoms with Crippen LogP contribution < -0.4 is 10.4 Å². The summed E-state index contributed by atoms with van der Waals surface area (Å²) in [5.74, 6) is 0. The van der Waals surface area contributed by atoms with Crippen molar-refractivity contribution in [1.29, 1.82) is 0 Å². The average molecular weight is 230 g/mol. The zero-order valence-electron chi connectivity index (χ0n) is 10.6. The Morgan fingerprint density at radius 1 is 0.556 bits per heavy atom. The predicted octanol–water partition coefficient (Wildman–Crippen LogP) is 2.86. The summed E-state index contributed by atoms with van der Waals surface area (Å²) in [7, 11) is 0. The Morgan fingerprint density at radius 3 is 1.94 bits per heavy atom. The first-order valence-electron chi connectivity index (χ1n) is 6.40. The monoisotopic (exact) mass is 230 g/mol. The normalized spacial score (nSPS) is 15.9. The second-order valence-corrected chi connectivity index (χ2v) is 5.09. The van der Waals surface area contributed by atoms with E-state index in [1.165, 1.54) is 43.9 Å². The van der Waals surface area contributed by atoms with Gasteiger partial charge in [0.05, 0.1) is 0 Å². The Kier molecular flexibility index (Phi) is 1.78. The fourth-order valence-electron chi connectivity index (χ4n) is 3.40. The summed E-state index contributed by atoms with van der Waals surface area (Å²) in [4.78, 5) is 0. The summed E-state index contributed by atoms with van der Waals surface area (Å²) in [6.07, 6.45) is 0. The van der Waals surface area contributed by atoms with Crippen molar-refractivity contribution < 1.29 is 0 Å². The molecule has 0 aromatic heterocycles. The van der Waals surface area contributed by atoms with Crippen molar-refractivity contribution >= 4 is 16.7 Å². The van der Waals surface area contributed by atoms with Crippen LogP contribution in [-0.2, 0) is 0 Å². The van der Waals surface area contributed by atoms with Crippen LogP contribution in [0.2, 0.25) is 0 Å². The Balaban J connectivity index is 2.29. The molecule has 0 N–H and O–H groups in total. The molecule has 2 aliphatic carbocycles. The van der Waals surface area contributed by atoms with Crippen molar-refractivity contribution in [2.45, 2.75) is 13.8 Å². The molecule has 18 heavy (non-hydrogen) atoms. The van der Waals surface area contributed by atoms with E-state index in [9.17, 15) is 0 Å². The molecule has 0 unspecified atom stereocenters. The van der Waals surface area contributed by atoms with E-state index in [4.69, 9.17) is 0 Å². The van der Waals surface area contributed by atoms with Gasteiger partial charge in [-0.1, -0.05) is 48.5 Å². The maximum atomic E-state index is 2.25. The van der Waals surface area contributed by atoms with Crippen LogP contribution in [0.3, 0.4) is 0 Å².